The molecule has 0 saturated heterocycles. The number of alkyl halides is 1. The molecule has 64 valence electrons. The van der Waals surface area contributed by atoms with Gasteiger partial charge in [-0.05, 0) is 13.0 Å². The summed E-state index contributed by atoms with van der Waals surface area (Å²) in [6, 6.07) is 1.58. The Hall–Kier alpha value is -0.670. The number of halogens is 1. The predicted octanol–water partition coefficient (Wildman–Crippen LogP) is 2.37. The lowest BCUT2D eigenvalue weighted by molar-refractivity contribution is 0.101. The van der Waals surface area contributed by atoms with Gasteiger partial charge in [0.1, 0.15) is 0 Å². The van der Waals surface area contributed by atoms with E-state index in [9.17, 15) is 9.59 Å². The summed E-state index contributed by atoms with van der Waals surface area (Å²) in [4.78, 5) is 22.4. The van der Waals surface area contributed by atoms with Crippen molar-refractivity contribution in [1.82, 2.24) is 0 Å². The van der Waals surface area contributed by atoms with E-state index in [0.717, 1.165) is 0 Å². The molecule has 0 saturated carbocycles. The second-order valence-corrected chi connectivity index (χ2v) is 3.49. The van der Waals surface area contributed by atoms with E-state index in [1.165, 1.54) is 18.3 Å². The maximum Gasteiger partial charge on any atom is 0.178 e. The number of hydrogen-bond donors (Lipinski definition) is 0. The van der Waals surface area contributed by atoms with Crippen LogP contribution < -0.4 is 0 Å². The second kappa shape index (κ2) is 3.83. The average molecular weight is 203 g/mol. The lowest BCUT2D eigenvalue weighted by atomic mass is 10.2. The first-order chi connectivity index (χ1) is 5.65. The third kappa shape index (κ3) is 1.93. The molecule has 0 unspecified atom stereocenters. The van der Waals surface area contributed by atoms with E-state index < -0.39 is 0 Å². The summed E-state index contributed by atoms with van der Waals surface area (Å²) >= 11 is 6.62. The molecular formula is C8H7ClO2S. The molecule has 12 heavy (non-hydrogen) atoms. The van der Waals surface area contributed by atoms with Crippen molar-refractivity contribution in [3.05, 3.63) is 21.9 Å². The minimum absolute atomic E-state index is 0.0198. The van der Waals surface area contributed by atoms with Crippen LogP contribution in [-0.2, 0) is 0 Å². The van der Waals surface area contributed by atoms with Gasteiger partial charge >= 0.3 is 0 Å². The molecule has 0 aromatic carbocycles. The zero-order valence-electron chi connectivity index (χ0n) is 6.46. The summed E-state index contributed by atoms with van der Waals surface area (Å²) in [6.07, 6.45) is 0. The molecule has 1 aromatic rings. The van der Waals surface area contributed by atoms with Crippen LogP contribution in [0, 0.1) is 0 Å². The number of Topliss-reactive ketones (excluding diaryl/α,β-unsaturated/α-hetero) is 2. The lowest BCUT2D eigenvalue weighted by Gasteiger charge is -1.87. The lowest BCUT2D eigenvalue weighted by Crippen LogP contribution is -1.97. The summed E-state index contributed by atoms with van der Waals surface area (Å²) in [5.41, 5.74) is 0.528. The molecular weight excluding hydrogens is 196 g/mol. The standard InChI is InChI=1S/C8H7ClO2S/c1-5(10)8-2-6(4-12-8)7(11)3-9/h2,4H,3H2,1H3. The quantitative estimate of drug-likeness (QED) is 0.557. The molecule has 0 aliphatic rings. The van der Waals surface area contributed by atoms with Crippen molar-refractivity contribution in [2.45, 2.75) is 6.92 Å². The fourth-order valence-corrected chi connectivity index (χ4v) is 1.71. The highest BCUT2D eigenvalue weighted by atomic mass is 35.5. The highest BCUT2D eigenvalue weighted by Crippen LogP contribution is 2.15. The smallest absolute Gasteiger partial charge is 0.178 e. The summed E-state index contributed by atoms with van der Waals surface area (Å²) in [5.74, 6) is -0.192. The Bertz CT molecular complexity index is 317. The van der Waals surface area contributed by atoms with E-state index >= 15 is 0 Å². The van der Waals surface area contributed by atoms with Gasteiger partial charge in [-0.25, -0.2) is 0 Å². The van der Waals surface area contributed by atoms with Crippen molar-refractivity contribution in [3.63, 3.8) is 0 Å². The van der Waals surface area contributed by atoms with Gasteiger partial charge in [-0.2, -0.15) is 0 Å². The van der Waals surface area contributed by atoms with Crippen molar-refractivity contribution < 1.29 is 9.59 Å². The molecule has 2 nitrogen and oxygen atoms in total. The Kier molecular flexibility index (Phi) is 3.00. The second-order valence-electron chi connectivity index (χ2n) is 2.31. The Balaban J connectivity index is 2.91. The Labute approximate surface area is 79.2 Å². The van der Waals surface area contributed by atoms with Crippen molar-refractivity contribution in [2.75, 3.05) is 5.88 Å². The van der Waals surface area contributed by atoms with Gasteiger partial charge in [0.05, 0.1) is 10.8 Å². The Morgan fingerprint density at radius 1 is 1.58 bits per heavy atom. The summed E-state index contributed by atoms with van der Waals surface area (Å²) in [7, 11) is 0. The fraction of sp³-hybridized carbons (Fsp3) is 0.250. The minimum Gasteiger partial charge on any atom is -0.294 e. The van der Waals surface area contributed by atoms with E-state index in [4.69, 9.17) is 11.6 Å². The van der Waals surface area contributed by atoms with E-state index in [2.05, 4.69) is 0 Å². The molecule has 0 aliphatic carbocycles. The number of thiophene rings is 1. The molecule has 4 heteroatoms. The van der Waals surface area contributed by atoms with Gasteiger partial charge in [-0.15, -0.1) is 22.9 Å². The van der Waals surface area contributed by atoms with Crippen LogP contribution in [0.5, 0.6) is 0 Å². The first-order valence-corrected chi connectivity index (χ1v) is 4.75. The van der Waals surface area contributed by atoms with Gasteiger partial charge in [-0.3, -0.25) is 9.59 Å². The highest BCUT2D eigenvalue weighted by molar-refractivity contribution is 7.12. The van der Waals surface area contributed by atoms with Crippen molar-refractivity contribution in [2.24, 2.45) is 0 Å². The molecule has 0 bridgehead atoms. The molecule has 0 atom stereocenters. The maximum absolute atomic E-state index is 11.0. The number of hydrogen-bond acceptors (Lipinski definition) is 3. The molecule has 0 aliphatic heterocycles. The van der Waals surface area contributed by atoms with Crippen LogP contribution in [0.3, 0.4) is 0 Å². The molecule has 0 fully saturated rings. The fourth-order valence-electron chi connectivity index (χ4n) is 0.744. The Morgan fingerprint density at radius 2 is 2.25 bits per heavy atom. The Morgan fingerprint density at radius 3 is 2.67 bits per heavy atom. The van der Waals surface area contributed by atoms with Crippen molar-refractivity contribution in [1.29, 1.82) is 0 Å². The molecule has 0 amide bonds. The van der Waals surface area contributed by atoms with E-state index in [-0.39, 0.29) is 17.4 Å². The van der Waals surface area contributed by atoms with Gasteiger partial charge in [0.2, 0.25) is 0 Å². The largest absolute Gasteiger partial charge is 0.294 e. The normalized spacial score (nSPS) is 9.83. The van der Waals surface area contributed by atoms with Crippen LogP contribution in [0.25, 0.3) is 0 Å². The van der Waals surface area contributed by atoms with Crippen LogP contribution in [0.1, 0.15) is 27.0 Å². The molecule has 0 spiro atoms. The average Bonchev–Trinajstić information content (AvgIpc) is 2.51. The zero-order chi connectivity index (χ0) is 9.14. The van der Waals surface area contributed by atoms with Crippen LogP contribution in [0.2, 0.25) is 0 Å². The predicted molar refractivity (Wildman–Crippen MR) is 49.4 cm³/mol. The van der Waals surface area contributed by atoms with E-state index in [0.29, 0.717) is 10.4 Å². The van der Waals surface area contributed by atoms with Gasteiger partial charge in [0.25, 0.3) is 0 Å². The molecule has 1 heterocycles. The van der Waals surface area contributed by atoms with Gasteiger partial charge < -0.3 is 0 Å². The monoisotopic (exact) mass is 202 g/mol. The topological polar surface area (TPSA) is 34.1 Å². The maximum atomic E-state index is 11.0. The van der Waals surface area contributed by atoms with Crippen LogP contribution >= 0.6 is 22.9 Å². The van der Waals surface area contributed by atoms with Crippen LogP contribution in [0.4, 0.5) is 0 Å². The van der Waals surface area contributed by atoms with Gasteiger partial charge in [0.15, 0.2) is 11.6 Å². The van der Waals surface area contributed by atoms with Crippen molar-refractivity contribution >= 4 is 34.5 Å². The van der Waals surface area contributed by atoms with Crippen LogP contribution in [0.15, 0.2) is 11.4 Å². The van der Waals surface area contributed by atoms with Gasteiger partial charge in [0, 0.05) is 10.9 Å². The van der Waals surface area contributed by atoms with E-state index in [1.807, 2.05) is 0 Å². The molecule has 1 rings (SSSR count). The van der Waals surface area contributed by atoms with Crippen LogP contribution in [-0.4, -0.2) is 17.4 Å². The van der Waals surface area contributed by atoms with Gasteiger partial charge in [-0.1, -0.05) is 0 Å². The number of rotatable bonds is 3. The summed E-state index contributed by atoms with van der Waals surface area (Å²) < 4.78 is 0. The first-order valence-electron chi connectivity index (χ1n) is 3.33. The number of carbonyl (C=O) groups excluding carboxylic acids is 2. The van der Waals surface area contributed by atoms with Crippen molar-refractivity contribution in [3.8, 4) is 0 Å². The first kappa shape index (κ1) is 9.42. The highest BCUT2D eigenvalue weighted by Gasteiger charge is 2.09. The number of carbonyl (C=O) groups is 2. The third-order valence-electron chi connectivity index (χ3n) is 1.39. The molecule has 1 aromatic heterocycles. The zero-order valence-corrected chi connectivity index (χ0v) is 8.04. The molecule has 0 radical (unpaired) electrons. The summed E-state index contributed by atoms with van der Waals surface area (Å²) in [6.45, 7) is 1.47. The minimum atomic E-state index is -0.139. The SMILES string of the molecule is CC(=O)c1cc(C(=O)CCl)cs1. The third-order valence-corrected chi connectivity index (χ3v) is 2.66. The van der Waals surface area contributed by atoms with E-state index in [1.54, 1.807) is 11.4 Å². The summed E-state index contributed by atoms with van der Waals surface area (Å²) in [5, 5.41) is 1.65. The number of ketones is 2. The molecule has 0 N–H and O–H groups in total.